The number of nitrogens with one attached hydrogen (secondary N) is 1. The van der Waals surface area contributed by atoms with E-state index in [2.05, 4.69) is 15.0 Å². The van der Waals surface area contributed by atoms with Gasteiger partial charge in [-0.15, -0.1) is 0 Å². The zero-order chi connectivity index (χ0) is 15.1. The number of benzene rings is 1. The molecular formula is C15H16N4O2. The number of azide groups is 1. The molecule has 0 fully saturated rings. The number of fused-ring (bicyclic) bond motifs is 3. The molecule has 6 nitrogen and oxygen atoms in total. The van der Waals surface area contributed by atoms with Crippen molar-refractivity contribution in [2.45, 2.75) is 33.3 Å². The third-order valence-corrected chi connectivity index (χ3v) is 4.15. The molecule has 0 radical (unpaired) electrons. The molecular weight excluding hydrogens is 268 g/mol. The summed E-state index contributed by atoms with van der Waals surface area (Å²) in [6.45, 7) is 6.05. The number of aryl methyl sites for hydroxylation is 2. The summed E-state index contributed by atoms with van der Waals surface area (Å²) in [5.41, 5.74) is 13.0. The van der Waals surface area contributed by atoms with Crippen LogP contribution in [0.25, 0.3) is 21.3 Å². The van der Waals surface area contributed by atoms with Crippen molar-refractivity contribution in [2.24, 2.45) is 5.11 Å². The predicted octanol–water partition coefficient (Wildman–Crippen LogP) is 3.07. The number of hydrogen-bond donors (Lipinski definition) is 1. The summed E-state index contributed by atoms with van der Waals surface area (Å²) >= 11 is 0. The van der Waals surface area contributed by atoms with Gasteiger partial charge in [-0.3, -0.25) is 4.79 Å². The van der Waals surface area contributed by atoms with Gasteiger partial charge in [0, 0.05) is 22.3 Å². The molecule has 0 spiro atoms. The molecule has 0 aliphatic carbocycles. The van der Waals surface area contributed by atoms with Crippen LogP contribution in [0.15, 0.2) is 16.0 Å². The van der Waals surface area contributed by atoms with E-state index in [1.54, 1.807) is 0 Å². The molecule has 2 aromatic rings. The Bertz CT molecular complexity index is 847. The third kappa shape index (κ3) is 2.04. The first-order valence-corrected chi connectivity index (χ1v) is 6.86. The van der Waals surface area contributed by atoms with E-state index in [4.69, 9.17) is 10.3 Å². The van der Waals surface area contributed by atoms with Crippen molar-refractivity contribution in [2.75, 3.05) is 6.54 Å². The van der Waals surface area contributed by atoms with E-state index in [-0.39, 0.29) is 11.7 Å². The zero-order valence-electron chi connectivity index (χ0n) is 12.2. The minimum absolute atomic E-state index is 0.0633. The lowest BCUT2D eigenvalue weighted by molar-refractivity contribution is 0.243. The summed E-state index contributed by atoms with van der Waals surface area (Å²) in [5, 5.41) is 4.55. The molecule has 1 aliphatic rings. The molecule has 21 heavy (non-hydrogen) atoms. The lowest BCUT2D eigenvalue weighted by Crippen LogP contribution is -2.16. The summed E-state index contributed by atoms with van der Waals surface area (Å²) in [5.74, 6) is 0.811. The largest absolute Gasteiger partial charge is 0.489 e. The Hall–Kier alpha value is -2.46. The van der Waals surface area contributed by atoms with E-state index in [0.717, 1.165) is 39.8 Å². The standard InChI is InChI=1S/C15H16N4O2/c1-7-4-10-5-11(6-17-19-16)21-14(10)12-8(2)9(3)15(20)18-13(7)12/h4,11H,5-6H2,1-3H3,(H,18,20). The highest BCUT2D eigenvalue weighted by Crippen LogP contribution is 2.39. The Balaban J connectivity index is 2.24. The number of hydrogen-bond acceptors (Lipinski definition) is 3. The second-order valence-electron chi connectivity index (χ2n) is 5.49. The number of rotatable bonds is 2. The van der Waals surface area contributed by atoms with E-state index in [1.165, 1.54) is 0 Å². The van der Waals surface area contributed by atoms with Crippen LogP contribution >= 0.6 is 0 Å². The molecule has 108 valence electrons. The highest BCUT2D eigenvalue weighted by Gasteiger charge is 2.26. The summed E-state index contributed by atoms with van der Waals surface area (Å²) in [6, 6.07) is 2.04. The summed E-state index contributed by atoms with van der Waals surface area (Å²) in [6.07, 6.45) is 0.593. The number of H-pyrrole nitrogens is 1. The normalized spacial score (nSPS) is 16.4. The monoisotopic (exact) mass is 284 g/mol. The Morgan fingerprint density at radius 2 is 2.19 bits per heavy atom. The molecule has 0 saturated heterocycles. The maximum Gasteiger partial charge on any atom is 0.251 e. The van der Waals surface area contributed by atoms with Crippen molar-refractivity contribution in [3.8, 4) is 5.75 Å². The summed E-state index contributed by atoms with van der Waals surface area (Å²) in [7, 11) is 0. The molecule has 0 saturated carbocycles. The number of nitrogens with zero attached hydrogens (tertiary/aromatic N) is 3. The fourth-order valence-electron chi connectivity index (χ4n) is 2.92. The van der Waals surface area contributed by atoms with E-state index in [0.29, 0.717) is 12.1 Å². The molecule has 1 aromatic heterocycles. The van der Waals surface area contributed by atoms with Gasteiger partial charge in [0.1, 0.15) is 11.9 Å². The van der Waals surface area contributed by atoms with Crippen molar-refractivity contribution in [3.63, 3.8) is 0 Å². The van der Waals surface area contributed by atoms with E-state index < -0.39 is 0 Å². The predicted molar refractivity (Wildman–Crippen MR) is 80.9 cm³/mol. The van der Waals surface area contributed by atoms with Crippen molar-refractivity contribution in [1.29, 1.82) is 0 Å². The lowest BCUT2D eigenvalue weighted by Gasteiger charge is -2.13. The van der Waals surface area contributed by atoms with E-state index >= 15 is 0 Å². The van der Waals surface area contributed by atoms with E-state index in [9.17, 15) is 4.79 Å². The maximum absolute atomic E-state index is 12.0. The molecule has 1 N–H and O–H groups in total. The van der Waals surface area contributed by atoms with Crippen LogP contribution < -0.4 is 10.3 Å². The quantitative estimate of drug-likeness (QED) is 0.521. The zero-order valence-corrected chi connectivity index (χ0v) is 12.2. The first-order chi connectivity index (χ1) is 10.0. The first kappa shape index (κ1) is 13.5. The number of aromatic nitrogens is 1. The Morgan fingerprint density at radius 3 is 2.90 bits per heavy atom. The van der Waals surface area contributed by atoms with Gasteiger partial charge in [0.15, 0.2) is 0 Å². The van der Waals surface area contributed by atoms with Gasteiger partial charge < -0.3 is 9.72 Å². The molecule has 1 unspecified atom stereocenters. The van der Waals surface area contributed by atoms with Crippen LogP contribution in [0.3, 0.4) is 0 Å². The van der Waals surface area contributed by atoms with Gasteiger partial charge in [-0.2, -0.15) is 0 Å². The van der Waals surface area contributed by atoms with Gasteiger partial charge >= 0.3 is 0 Å². The average Bonchev–Trinajstić information content (AvgIpc) is 2.85. The van der Waals surface area contributed by atoms with Gasteiger partial charge in [-0.25, -0.2) is 0 Å². The molecule has 1 atom stereocenters. The molecule has 3 rings (SSSR count). The highest BCUT2D eigenvalue weighted by molar-refractivity contribution is 5.93. The maximum atomic E-state index is 12.0. The first-order valence-electron chi connectivity index (χ1n) is 6.86. The minimum atomic E-state index is -0.132. The van der Waals surface area contributed by atoms with Crippen LogP contribution in [0.5, 0.6) is 5.75 Å². The lowest BCUT2D eigenvalue weighted by atomic mass is 9.98. The Labute approximate surface area is 121 Å². The summed E-state index contributed by atoms with van der Waals surface area (Å²) < 4.78 is 5.97. The summed E-state index contributed by atoms with van der Waals surface area (Å²) in [4.78, 5) is 17.7. The smallest absolute Gasteiger partial charge is 0.251 e. The fraction of sp³-hybridized carbons (Fsp3) is 0.400. The van der Waals surface area contributed by atoms with Crippen LogP contribution in [-0.4, -0.2) is 17.6 Å². The van der Waals surface area contributed by atoms with Crippen molar-refractivity contribution in [3.05, 3.63) is 49.1 Å². The van der Waals surface area contributed by atoms with Crippen LogP contribution in [0, 0.1) is 20.8 Å². The van der Waals surface area contributed by atoms with Gasteiger partial charge in [0.05, 0.1) is 12.1 Å². The van der Waals surface area contributed by atoms with Gasteiger partial charge in [0.25, 0.3) is 5.56 Å². The van der Waals surface area contributed by atoms with Crippen LogP contribution in [0.1, 0.15) is 22.3 Å². The Morgan fingerprint density at radius 1 is 1.43 bits per heavy atom. The van der Waals surface area contributed by atoms with Crippen molar-refractivity contribution >= 4 is 10.9 Å². The third-order valence-electron chi connectivity index (χ3n) is 4.15. The second kappa shape index (κ2) is 4.82. The highest BCUT2D eigenvalue weighted by atomic mass is 16.5. The van der Waals surface area contributed by atoms with Crippen molar-refractivity contribution in [1.82, 2.24) is 4.98 Å². The SMILES string of the molecule is Cc1c(C)c2c3c(cc(C)c2[nH]c1=O)CC(CN=[N+]=[N-])O3. The molecule has 6 heteroatoms. The molecule has 1 aromatic carbocycles. The average molecular weight is 284 g/mol. The molecule has 1 aliphatic heterocycles. The fourth-order valence-corrected chi connectivity index (χ4v) is 2.92. The second-order valence-corrected chi connectivity index (χ2v) is 5.49. The molecule has 0 bridgehead atoms. The van der Waals surface area contributed by atoms with Crippen LogP contribution in [-0.2, 0) is 6.42 Å². The van der Waals surface area contributed by atoms with Crippen molar-refractivity contribution < 1.29 is 4.74 Å². The van der Waals surface area contributed by atoms with Crippen LogP contribution in [0.2, 0.25) is 0 Å². The van der Waals surface area contributed by atoms with Gasteiger partial charge in [0.2, 0.25) is 0 Å². The van der Waals surface area contributed by atoms with Gasteiger partial charge in [-0.1, -0.05) is 11.2 Å². The van der Waals surface area contributed by atoms with Crippen LogP contribution in [0.4, 0.5) is 0 Å². The molecule has 0 amide bonds. The minimum Gasteiger partial charge on any atom is -0.489 e. The number of aromatic amines is 1. The van der Waals surface area contributed by atoms with E-state index in [1.807, 2.05) is 26.8 Å². The van der Waals surface area contributed by atoms with Gasteiger partial charge in [-0.05, 0) is 43.0 Å². The number of ether oxygens (including phenoxy) is 1. The topological polar surface area (TPSA) is 90.9 Å². The Kier molecular flexibility index (Phi) is 3.11. The molecule has 2 heterocycles. The number of pyridine rings is 1.